The minimum absolute atomic E-state index is 0.0259. The van der Waals surface area contributed by atoms with E-state index in [1.165, 1.54) is 22.3 Å². The highest BCUT2D eigenvalue weighted by Gasteiger charge is 2.29. The Morgan fingerprint density at radius 2 is 1.59 bits per heavy atom. The summed E-state index contributed by atoms with van der Waals surface area (Å²) < 4.78 is 5.54. The summed E-state index contributed by atoms with van der Waals surface area (Å²) >= 11 is 0. The first kappa shape index (κ1) is 25.3. The Morgan fingerprint density at radius 3 is 2.18 bits per heavy atom. The molecule has 0 spiro atoms. The van der Waals surface area contributed by atoms with Crippen LogP contribution in [0.25, 0.3) is 11.1 Å². The zero-order valence-corrected chi connectivity index (χ0v) is 19.9. The second kappa shape index (κ2) is 12.2. The summed E-state index contributed by atoms with van der Waals surface area (Å²) in [6.07, 6.45) is 2.25. The van der Waals surface area contributed by atoms with E-state index in [-0.39, 0.29) is 30.8 Å². The van der Waals surface area contributed by atoms with Crippen LogP contribution < -0.4 is 10.6 Å². The molecular formula is C27H34N2O5. The second-order valence-corrected chi connectivity index (χ2v) is 8.93. The highest BCUT2D eigenvalue weighted by molar-refractivity contribution is 5.83. The fourth-order valence-corrected chi connectivity index (χ4v) is 4.40. The number of ether oxygens (including phenoxy) is 1. The van der Waals surface area contributed by atoms with Crippen LogP contribution in [0.1, 0.15) is 63.0 Å². The zero-order chi connectivity index (χ0) is 24.5. The predicted octanol–water partition coefficient (Wildman–Crippen LogP) is 4.70. The van der Waals surface area contributed by atoms with Crippen molar-refractivity contribution in [1.82, 2.24) is 10.6 Å². The smallest absolute Gasteiger partial charge is 0.407 e. The van der Waals surface area contributed by atoms with Crippen molar-refractivity contribution in [2.24, 2.45) is 5.92 Å². The Hall–Kier alpha value is -3.35. The summed E-state index contributed by atoms with van der Waals surface area (Å²) in [6, 6.07) is 15.6. The van der Waals surface area contributed by atoms with Crippen LogP contribution in [-0.2, 0) is 14.3 Å². The molecule has 0 saturated carbocycles. The van der Waals surface area contributed by atoms with Crippen LogP contribution in [0.4, 0.5) is 4.79 Å². The Kier molecular flexibility index (Phi) is 9.08. The van der Waals surface area contributed by atoms with E-state index >= 15 is 0 Å². The van der Waals surface area contributed by atoms with E-state index in [1.54, 1.807) is 0 Å². The molecule has 0 saturated heterocycles. The summed E-state index contributed by atoms with van der Waals surface area (Å²) in [4.78, 5) is 35.5. The van der Waals surface area contributed by atoms with Gasteiger partial charge < -0.3 is 20.5 Å². The van der Waals surface area contributed by atoms with Gasteiger partial charge >= 0.3 is 12.1 Å². The van der Waals surface area contributed by atoms with Crippen LogP contribution in [0.3, 0.4) is 0 Å². The number of alkyl carbamates (subject to hydrolysis) is 1. The second-order valence-electron chi connectivity index (χ2n) is 8.93. The van der Waals surface area contributed by atoms with Crippen LogP contribution in [0.5, 0.6) is 0 Å². The third-order valence-corrected chi connectivity index (χ3v) is 6.33. The fourth-order valence-electron chi connectivity index (χ4n) is 4.40. The van der Waals surface area contributed by atoms with Gasteiger partial charge in [0.2, 0.25) is 5.91 Å². The number of carbonyl (C=O) groups excluding carboxylic acids is 2. The number of hydrogen-bond donors (Lipinski definition) is 3. The molecule has 0 aromatic heterocycles. The van der Waals surface area contributed by atoms with Crippen LogP contribution in [0.15, 0.2) is 48.5 Å². The Morgan fingerprint density at radius 1 is 0.971 bits per heavy atom. The maximum Gasteiger partial charge on any atom is 0.407 e. The van der Waals surface area contributed by atoms with Crippen molar-refractivity contribution in [2.75, 3.05) is 13.2 Å². The van der Waals surface area contributed by atoms with Gasteiger partial charge in [0.05, 0.1) is 0 Å². The van der Waals surface area contributed by atoms with Gasteiger partial charge in [0.1, 0.15) is 12.6 Å². The minimum atomic E-state index is -1.00. The van der Waals surface area contributed by atoms with Crippen molar-refractivity contribution in [3.63, 3.8) is 0 Å². The number of fused-ring (bicyclic) bond motifs is 3. The predicted molar refractivity (Wildman–Crippen MR) is 131 cm³/mol. The quantitative estimate of drug-likeness (QED) is 0.421. The molecule has 2 amide bonds. The number of carboxylic acids is 1. The third kappa shape index (κ3) is 6.59. The molecule has 34 heavy (non-hydrogen) atoms. The van der Waals surface area contributed by atoms with Crippen LogP contribution in [0.2, 0.25) is 0 Å². The Bertz CT molecular complexity index is 961. The first-order valence-corrected chi connectivity index (χ1v) is 12.0. The van der Waals surface area contributed by atoms with E-state index in [2.05, 4.69) is 34.9 Å². The van der Waals surface area contributed by atoms with E-state index in [1.807, 2.05) is 38.1 Å². The molecule has 1 aliphatic rings. The van der Waals surface area contributed by atoms with E-state index in [9.17, 15) is 14.4 Å². The molecule has 2 unspecified atom stereocenters. The highest BCUT2D eigenvalue weighted by Crippen LogP contribution is 2.44. The lowest BCUT2D eigenvalue weighted by Crippen LogP contribution is -2.40. The molecule has 3 rings (SSSR count). The number of rotatable bonds is 12. The van der Waals surface area contributed by atoms with Gasteiger partial charge in [-0.1, -0.05) is 68.8 Å². The highest BCUT2D eigenvalue weighted by atomic mass is 16.5. The number of nitrogens with one attached hydrogen (secondary N) is 2. The standard InChI is InChI=1S/C27H34N2O5/c1-3-8-24(26(31)32)29-25(30)14-13-18(2)15-16-28-27(33)34-17-23-21-11-6-4-9-19(21)20-10-5-7-12-22(20)23/h4-7,9-12,18,23-24H,3,8,13-17H2,1-2H3,(H,28,33)(H,29,30)(H,31,32). The molecule has 182 valence electrons. The van der Waals surface area contributed by atoms with Crippen LogP contribution in [-0.4, -0.2) is 42.3 Å². The van der Waals surface area contributed by atoms with E-state index < -0.39 is 18.1 Å². The molecule has 2 aromatic carbocycles. The Labute approximate surface area is 200 Å². The first-order chi connectivity index (χ1) is 16.4. The van der Waals surface area contributed by atoms with Gasteiger partial charge in [-0.15, -0.1) is 0 Å². The van der Waals surface area contributed by atoms with Crippen molar-refractivity contribution >= 4 is 18.0 Å². The fraction of sp³-hybridized carbons (Fsp3) is 0.444. The molecule has 3 N–H and O–H groups in total. The number of hydrogen-bond acceptors (Lipinski definition) is 4. The third-order valence-electron chi connectivity index (χ3n) is 6.33. The topological polar surface area (TPSA) is 105 Å². The Balaban J connectivity index is 1.37. The van der Waals surface area contributed by atoms with Gasteiger partial charge in [0, 0.05) is 18.9 Å². The lowest BCUT2D eigenvalue weighted by atomic mass is 9.98. The molecule has 0 bridgehead atoms. The van der Waals surface area contributed by atoms with Crippen molar-refractivity contribution in [1.29, 1.82) is 0 Å². The molecule has 2 atom stereocenters. The van der Waals surface area contributed by atoms with Crippen molar-refractivity contribution in [3.8, 4) is 11.1 Å². The lowest BCUT2D eigenvalue weighted by molar-refractivity contribution is -0.142. The van der Waals surface area contributed by atoms with Crippen molar-refractivity contribution < 1.29 is 24.2 Å². The monoisotopic (exact) mass is 466 g/mol. The van der Waals surface area contributed by atoms with E-state index in [0.29, 0.717) is 32.2 Å². The normalized spacial score (nSPS) is 13.9. The summed E-state index contributed by atoms with van der Waals surface area (Å²) in [5.41, 5.74) is 4.73. The average molecular weight is 467 g/mol. The van der Waals surface area contributed by atoms with Gasteiger partial charge in [-0.2, -0.15) is 0 Å². The maximum absolute atomic E-state index is 12.3. The zero-order valence-electron chi connectivity index (χ0n) is 19.9. The summed E-state index contributed by atoms with van der Waals surface area (Å²) in [5.74, 6) is -1.03. The molecular weight excluding hydrogens is 432 g/mol. The number of benzene rings is 2. The molecule has 1 aliphatic carbocycles. The van der Waals surface area contributed by atoms with Gasteiger partial charge in [0.15, 0.2) is 0 Å². The molecule has 7 heteroatoms. The number of carboxylic acid groups (broad SMARTS) is 1. The van der Waals surface area contributed by atoms with E-state index in [4.69, 9.17) is 9.84 Å². The molecule has 7 nitrogen and oxygen atoms in total. The molecule has 0 heterocycles. The van der Waals surface area contributed by atoms with Crippen molar-refractivity contribution in [2.45, 2.75) is 57.9 Å². The largest absolute Gasteiger partial charge is 0.480 e. The average Bonchev–Trinajstić information content (AvgIpc) is 3.15. The maximum atomic E-state index is 12.3. The molecule has 0 aliphatic heterocycles. The first-order valence-electron chi connectivity index (χ1n) is 12.0. The van der Waals surface area contributed by atoms with E-state index in [0.717, 1.165) is 0 Å². The lowest BCUT2D eigenvalue weighted by Gasteiger charge is -2.16. The summed E-state index contributed by atoms with van der Waals surface area (Å²) in [7, 11) is 0. The number of aliphatic carboxylic acids is 1. The molecule has 2 aromatic rings. The molecule has 0 radical (unpaired) electrons. The van der Waals surface area contributed by atoms with Crippen molar-refractivity contribution in [3.05, 3.63) is 59.7 Å². The molecule has 0 fully saturated rings. The summed E-state index contributed by atoms with van der Waals surface area (Å²) in [5, 5.41) is 14.5. The summed E-state index contributed by atoms with van der Waals surface area (Å²) in [6.45, 7) is 4.62. The number of amides is 2. The number of carbonyl (C=O) groups is 3. The minimum Gasteiger partial charge on any atom is -0.480 e. The SMILES string of the molecule is CCCC(NC(=O)CCC(C)CCNC(=O)OCC1c2ccccc2-c2ccccc21)C(=O)O. The van der Waals surface area contributed by atoms with Gasteiger partial charge in [-0.05, 0) is 47.4 Å². The van der Waals surface area contributed by atoms with Gasteiger partial charge in [-0.25, -0.2) is 9.59 Å². The van der Waals surface area contributed by atoms with Gasteiger partial charge in [-0.3, -0.25) is 4.79 Å². The van der Waals surface area contributed by atoms with Crippen LogP contribution in [0, 0.1) is 5.92 Å². The van der Waals surface area contributed by atoms with Gasteiger partial charge in [0.25, 0.3) is 0 Å². The van der Waals surface area contributed by atoms with Crippen LogP contribution >= 0.6 is 0 Å².